The van der Waals surface area contributed by atoms with Crippen LogP contribution < -0.4 is 5.73 Å². The topological polar surface area (TPSA) is 82.6 Å². The molecule has 1 aromatic heterocycles. The summed E-state index contributed by atoms with van der Waals surface area (Å²) < 4.78 is 12.3. The number of carbonyl (C=O) groups excluding carboxylic acids is 1. The highest BCUT2D eigenvalue weighted by atomic mass is 16.9. The summed E-state index contributed by atoms with van der Waals surface area (Å²) in [6.07, 6.45) is 0.0446. The van der Waals surface area contributed by atoms with Crippen LogP contribution in [-0.4, -0.2) is 27.4 Å². The van der Waals surface area contributed by atoms with Gasteiger partial charge in [-0.1, -0.05) is 0 Å². The maximum absolute atomic E-state index is 11.0. The van der Waals surface area contributed by atoms with Crippen molar-refractivity contribution < 1.29 is 14.3 Å². The lowest BCUT2D eigenvalue weighted by Crippen LogP contribution is -2.39. The third kappa shape index (κ3) is 1.31. The largest absolute Gasteiger partial charge is 0.383 e. The van der Waals surface area contributed by atoms with Gasteiger partial charge in [0.05, 0.1) is 17.8 Å². The van der Waals surface area contributed by atoms with Gasteiger partial charge in [-0.3, -0.25) is 4.79 Å². The fraction of sp³-hybridized carbons (Fsp3) is 0.636. The molecule has 3 heterocycles. The van der Waals surface area contributed by atoms with E-state index in [1.807, 2.05) is 20.8 Å². The van der Waals surface area contributed by atoms with Gasteiger partial charge in [-0.2, -0.15) is 9.78 Å². The van der Waals surface area contributed by atoms with Gasteiger partial charge in [-0.05, 0) is 20.8 Å². The average Bonchev–Trinajstić information content (AvgIpc) is 2.71. The third-order valence-electron chi connectivity index (χ3n) is 3.62. The zero-order valence-corrected chi connectivity index (χ0v) is 10.6. The minimum atomic E-state index is -0.550. The highest BCUT2D eigenvalue weighted by Crippen LogP contribution is 2.41. The van der Waals surface area contributed by atoms with Crippen molar-refractivity contribution in [2.75, 3.05) is 5.73 Å². The standard InChI is InChI=1S/C11H16N4O3/c1-6-17-10(18-6)15-9(12)7-4-14(5-16)11(2,3)8(7)13-15/h5-6,10H,4,12H2,1-3H3. The minimum Gasteiger partial charge on any atom is -0.383 e. The van der Waals surface area contributed by atoms with Crippen molar-refractivity contribution in [3.05, 3.63) is 11.3 Å². The lowest BCUT2D eigenvalue weighted by molar-refractivity contribution is -0.414. The number of hydrogen-bond acceptors (Lipinski definition) is 5. The highest BCUT2D eigenvalue weighted by molar-refractivity contribution is 5.58. The molecule has 0 aromatic carbocycles. The summed E-state index contributed by atoms with van der Waals surface area (Å²) in [5.41, 5.74) is 7.27. The number of ether oxygens (including phenoxy) is 2. The number of nitrogen functional groups attached to an aromatic ring is 1. The quantitative estimate of drug-likeness (QED) is 0.776. The van der Waals surface area contributed by atoms with Gasteiger partial charge in [0.25, 0.3) is 6.41 Å². The van der Waals surface area contributed by atoms with E-state index in [-0.39, 0.29) is 6.29 Å². The van der Waals surface area contributed by atoms with Crippen molar-refractivity contribution in [1.82, 2.24) is 14.7 Å². The van der Waals surface area contributed by atoms with E-state index in [1.54, 1.807) is 4.90 Å². The SMILES string of the molecule is CC1OC(n2nc3c(c2N)CN(C=O)C3(C)C)O1. The lowest BCUT2D eigenvalue weighted by Gasteiger charge is -2.34. The molecular weight excluding hydrogens is 236 g/mol. The van der Waals surface area contributed by atoms with Gasteiger partial charge in [0, 0.05) is 5.56 Å². The maximum atomic E-state index is 11.0. The van der Waals surface area contributed by atoms with E-state index in [9.17, 15) is 4.79 Å². The van der Waals surface area contributed by atoms with Gasteiger partial charge >= 0.3 is 0 Å². The van der Waals surface area contributed by atoms with Crippen LogP contribution in [0.3, 0.4) is 0 Å². The summed E-state index contributed by atoms with van der Waals surface area (Å²) in [7, 11) is 0. The molecule has 1 fully saturated rings. The van der Waals surface area contributed by atoms with Crippen molar-refractivity contribution in [3.8, 4) is 0 Å². The summed E-state index contributed by atoms with van der Waals surface area (Å²) in [5.74, 6) is 0.499. The molecule has 1 aromatic rings. The van der Waals surface area contributed by atoms with Crippen molar-refractivity contribution >= 4 is 12.2 Å². The molecule has 2 aliphatic heterocycles. The maximum Gasteiger partial charge on any atom is 0.265 e. The van der Waals surface area contributed by atoms with E-state index in [1.165, 1.54) is 4.68 Å². The van der Waals surface area contributed by atoms with Crippen LogP contribution in [0.5, 0.6) is 0 Å². The first kappa shape index (κ1) is 11.5. The van der Waals surface area contributed by atoms with Crippen LogP contribution in [-0.2, 0) is 26.4 Å². The Hall–Kier alpha value is -1.60. The molecule has 18 heavy (non-hydrogen) atoms. The minimum absolute atomic E-state index is 0.229. The number of rotatable bonds is 2. The number of carbonyl (C=O) groups is 1. The van der Waals surface area contributed by atoms with Crippen LogP contribution in [0, 0.1) is 0 Å². The van der Waals surface area contributed by atoms with E-state index < -0.39 is 12.0 Å². The number of aromatic nitrogens is 2. The van der Waals surface area contributed by atoms with Crippen LogP contribution in [0.25, 0.3) is 0 Å². The van der Waals surface area contributed by atoms with Crippen molar-refractivity contribution in [2.45, 2.75) is 45.6 Å². The van der Waals surface area contributed by atoms with E-state index in [4.69, 9.17) is 15.2 Å². The number of fused-ring (bicyclic) bond motifs is 1. The van der Waals surface area contributed by atoms with Crippen LogP contribution in [0.1, 0.15) is 38.4 Å². The molecule has 0 spiro atoms. The lowest BCUT2D eigenvalue weighted by atomic mass is 10.0. The third-order valence-corrected chi connectivity index (χ3v) is 3.62. The Bertz CT molecular complexity index is 505. The number of nitrogens with zero attached hydrogens (tertiary/aromatic N) is 3. The molecule has 0 radical (unpaired) electrons. The Morgan fingerprint density at radius 3 is 2.67 bits per heavy atom. The van der Waals surface area contributed by atoms with Gasteiger partial charge in [0.2, 0.25) is 6.41 Å². The predicted octanol–water partition coefficient (Wildman–Crippen LogP) is 0.521. The Labute approximate surface area is 104 Å². The van der Waals surface area contributed by atoms with Gasteiger partial charge in [0.1, 0.15) is 5.82 Å². The van der Waals surface area contributed by atoms with Gasteiger partial charge in [0.15, 0.2) is 6.29 Å². The summed E-state index contributed by atoms with van der Waals surface area (Å²) in [5, 5.41) is 4.44. The van der Waals surface area contributed by atoms with E-state index in [0.717, 1.165) is 17.7 Å². The van der Waals surface area contributed by atoms with Crippen molar-refractivity contribution in [3.63, 3.8) is 0 Å². The fourth-order valence-corrected chi connectivity index (χ4v) is 2.42. The average molecular weight is 252 g/mol. The number of amides is 1. The predicted molar refractivity (Wildman–Crippen MR) is 61.9 cm³/mol. The first-order valence-electron chi connectivity index (χ1n) is 5.85. The molecule has 0 saturated carbocycles. The van der Waals surface area contributed by atoms with Gasteiger partial charge in [-0.25, -0.2) is 0 Å². The smallest absolute Gasteiger partial charge is 0.265 e. The summed E-state index contributed by atoms with van der Waals surface area (Å²) >= 11 is 0. The molecule has 1 amide bonds. The molecule has 2 aliphatic rings. The summed E-state index contributed by atoms with van der Waals surface area (Å²) in [6.45, 7) is 6.16. The molecule has 3 rings (SSSR count). The van der Waals surface area contributed by atoms with E-state index in [0.29, 0.717) is 12.4 Å². The number of anilines is 1. The van der Waals surface area contributed by atoms with Gasteiger partial charge < -0.3 is 20.1 Å². The Morgan fingerprint density at radius 1 is 1.50 bits per heavy atom. The molecule has 1 saturated heterocycles. The second-order valence-corrected chi connectivity index (χ2v) is 5.10. The molecule has 0 bridgehead atoms. The molecule has 7 nitrogen and oxygen atoms in total. The second-order valence-electron chi connectivity index (χ2n) is 5.10. The zero-order chi connectivity index (χ0) is 13.1. The van der Waals surface area contributed by atoms with Crippen LogP contribution in [0.15, 0.2) is 0 Å². The molecule has 0 unspecified atom stereocenters. The van der Waals surface area contributed by atoms with Crippen LogP contribution in [0.2, 0.25) is 0 Å². The van der Waals surface area contributed by atoms with E-state index in [2.05, 4.69) is 5.10 Å². The molecule has 0 aliphatic carbocycles. The van der Waals surface area contributed by atoms with Gasteiger partial charge in [-0.15, -0.1) is 0 Å². The second kappa shape index (κ2) is 3.46. The first-order valence-corrected chi connectivity index (χ1v) is 5.85. The fourth-order valence-electron chi connectivity index (χ4n) is 2.42. The van der Waals surface area contributed by atoms with Crippen LogP contribution in [0.4, 0.5) is 5.82 Å². The Kier molecular flexibility index (Phi) is 2.21. The van der Waals surface area contributed by atoms with Crippen molar-refractivity contribution in [1.29, 1.82) is 0 Å². The Balaban J connectivity index is 1.98. The molecule has 98 valence electrons. The van der Waals surface area contributed by atoms with Crippen molar-refractivity contribution in [2.24, 2.45) is 0 Å². The van der Waals surface area contributed by atoms with E-state index >= 15 is 0 Å². The van der Waals surface area contributed by atoms with Crippen LogP contribution >= 0.6 is 0 Å². The molecule has 2 N–H and O–H groups in total. The molecule has 0 atom stereocenters. The highest BCUT2D eigenvalue weighted by Gasteiger charge is 2.43. The summed E-state index contributed by atoms with van der Waals surface area (Å²) in [4.78, 5) is 12.7. The molecular formula is C11H16N4O3. The monoisotopic (exact) mass is 252 g/mol. The number of hydrogen-bond donors (Lipinski definition) is 1. The Morgan fingerprint density at radius 2 is 2.17 bits per heavy atom. The first-order chi connectivity index (χ1) is 8.45. The normalized spacial score (nSPS) is 28.9. The number of nitrogens with two attached hydrogens (primary N) is 1. The zero-order valence-electron chi connectivity index (χ0n) is 10.6. The summed E-state index contributed by atoms with van der Waals surface area (Å²) in [6, 6.07) is 0. The molecule has 7 heteroatoms.